The monoisotopic (exact) mass is 756 g/mol. The topological polar surface area (TPSA) is 133 Å². The Balaban J connectivity index is 1.27. The van der Waals surface area contributed by atoms with E-state index in [9.17, 15) is 19.8 Å². The molecule has 56 heavy (non-hydrogen) atoms. The van der Waals surface area contributed by atoms with Crippen molar-refractivity contribution in [3.8, 4) is 0 Å². The SMILES string of the molecule is CC(C)=CCC/C(C)=C/CC/C(C)=C/C(=O)OC(=O)CC[C@@H]1C2=C3CC(O)=C4C3=NC(=C4C)C=C3N=C(C=C4N=C(C=C(N2)[C@H]1C)C(C)=C4C(C)O)C(C)=C3C. The van der Waals surface area contributed by atoms with Crippen molar-refractivity contribution in [2.75, 3.05) is 0 Å². The minimum Gasteiger partial charge on any atom is -0.511 e. The van der Waals surface area contributed by atoms with E-state index in [1.165, 1.54) is 17.2 Å². The standard InChI is InChI=1S/C47H56N4O5/c1-24(2)13-11-14-25(3)15-12-16-26(4)19-43(55)56-42(54)18-17-33-29(7)37-22-38-30(8)44(32(10)52)40(49-38)23-36-28(6)27(5)35(48-36)21-39-31(9)45-41(53)20-34(46(33)50-37)47(45)51-39/h13,15,19,21-23,29,32-33,50,52-53H,11-12,14,16-18,20H2,1-10H3/b25-15+,26-19+,35-21?,37-22?,40-23?,46-34?/t29-,32?,33-/m0/s1. The Morgan fingerprint density at radius 3 is 2.27 bits per heavy atom. The van der Waals surface area contributed by atoms with E-state index in [1.807, 2.05) is 52.8 Å². The van der Waals surface area contributed by atoms with Gasteiger partial charge in [-0.1, -0.05) is 35.8 Å². The van der Waals surface area contributed by atoms with Crippen molar-refractivity contribution in [1.82, 2.24) is 5.32 Å². The quantitative estimate of drug-likeness (QED) is 0.0832. The number of allylic oxidation sites excluding steroid dienone is 16. The summed E-state index contributed by atoms with van der Waals surface area (Å²) in [4.78, 5) is 41.1. The number of ether oxygens (including phenoxy) is 1. The molecule has 6 aliphatic rings. The zero-order valence-corrected chi connectivity index (χ0v) is 34.6. The van der Waals surface area contributed by atoms with Crippen LogP contribution in [0.4, 0.5) is 0 Å². The summed E-state index contributed by atoms with van der Waals surface area (Å²) in [5.41, 5.74) is 15.9. The Kier molecular flexibility index (Phi) is 12.0. The largest absolute Gasteiger partial charge is 0.511 e. The number of nitrogens with zero attached hydrogens (tertiary/aromatic N) is 3. The second-order valence-corrected chi connectivity index (χ2v) is 16.2. The summed E-state index contributed by atoms with van der Waals surface area (Å²) < 4.78 is 5.29. The van der Waals surface area contributed by atoms with Crippen molar-refractivity contribution in [3.63, 3.8) is 0 Å². The third-order valence-corrected chi connectivity index (χ3v) is 11.7. The van der Waals surface area contributed by atoms with E-state index in [0.29, 0.717) is 25.0 Å². The molecular weight excluding hydrogens is 701 g/mol. The van der Waals surface area contributed by atoms with Gasteiger partial charge in [0.15, 0.2) is 0 Å². The number of fused-ring (bicyclic) bond motifs is 5. The van der Waals surface area contributed by atoms with E-state index in [1.54, 1.807) is 6.92 Å². The molecular formula is C47H56N4O5. The van der Waals surface area contributed by atoms with Crippen LogP contribution in [0.5, 0.6) is 0 Å². The lowest BCUT2D eigenvalue weighted by Gasteiger charge is -2.17. The highest BCUT2D eigenvalue weighted by Gasteiger charge is 2.41. The number of rotatable bonds is 11. The number of hydrogen-bond acceptors (Lipinski definition) is 9. The molecule has 5 aliphatic heterocycles. The van der Waals surface area contributed by atoms with Crippen LogP contribution in [-0.2, 0) is 14.3 Å². The molecule has 3 atom stereocenters. The van der Waals surface area contributed by atoms with Gasteiger partial charge in [-0.05, 0) is 135 Å². The first-order valence-corrected chi connectivity index (χ1v) is 19.9. The van der Waals surface area contributed by atoms with Crippen LogP contribution in [0.1, 0.15) is 114 Å². The van der Waals surface area contributed by atoms with Crippen LogP contribution in [-0.4, -0.2) is 45.4 Å². The Morgan fingerprint density at radius 1 is 0.875 bits per heavy atom. The maximum Gasteiger partial charge on any atom is 0.338 e. The van der Waals surface area contributed by atoms with Crippen molar-refractivity contribution in [1.29, 1.82) is 0 Å². The lowest BCUT2D eigenvalue weighted by molar-refractivity contribution is -0.156. The summed E-state index contributed by atoms with van der Waals surface area (Å²) in [5, 5.41) is 25.9. The molecule has 294 valence electrons. The van der Waals surface area contributed by atoms with Gasteiger partial charge in [0.2, 0.25) is 0 Å². The maximum absolute atomic E-state index is 13.2. The molecule has 9 nitrogen and oxygen atoms in total. The molecule has 1 unspecified atom stereocenters. The molecule has 1 fully saturated rings. The molecule has 8 bridgehead atoms. The second kappa shape index (κ2) is 16.5. The molecule has 0 spiro atoms. The highest BCUT2D eigenvalue weighted by atomic mass is 16.6. The van der Waals surface area contributed by atoms with E-state index in [2.05, 4.69) is 45.2 Å². The fourth-order valence-electron chi connectivity index (χ4n) is 8.26. The first kappa shape index (κ1) is 40.5. The molecule has 6 rings (SSSR count). The Bertz CT molecular complexity index is 2230. The Hall–Kier alpha value is -5.15. The number of aliphatic hydroxyl groups is 2. The molecule has 0 amide bonds. The molecule has 0 aromatic rings. The smallest absolute Gasteiger partial charge is 0.338 e. The average molecular weight is 757 g/mol. The van der Waals surface area contributed by atoms with Crippen LogP contribution < -0.4 is 5.32 Å². The number of hydrogen-bond donors (Lipinski definition) is 3. The van der Waals surface area contributed by atoms with Crippen LogP contribution in [0.25, 0.3) is 0 Å². The van der Waals surface area contributed by atoms with Crippen LogP contribution in [0.2, 0.25) is 0 Å². The zero-order chi connectivity index (χ0) is 40.6. The fraction of sp³-hybridized carbons (Fsp3) is 0.426. The van der Waals surface area contributed by atoms with Gasteiger partial charge in [-0.25, -0.2) is 19.8 Å². The van der Waals surface area contributed by atoms with Crippen LogP contribution in [0.3, 0.4) is 0 Å². The molecule has 5 heterocycles. The van der Waals surface area contributed by atoms with E-state index < -0.39 is 18.0 Å². The molecule has 0 saturated carbocycles. The summed E-state index contributed by atoms with van der Waals surface area (Å²) in [5.74, 6) is -1.21. The number of carbonyl (C=O) groups excluding carboxylic acids is 2. The minimum atomic E-state index is -0.745. The van der Waals surface area contributed by atoms with Crippen LogP contribution in [0.15, 0.2) is 141 Å². The maximum atomic E-state index is 13.2. The number of carbonyl (C=O) groups is 2. The predicted octanol–water partition coefficient (Wildman–Crippen LogP) is 9.92. The highest BCUT2D eigenvalue weighted by Crippen LogP contribution is 2.46. The van der Waals surface area contributed by atoms with Gasteiger partial charge in [-0.15, -0.1) is 0 Å². The summed E-state index contributed by atoms with van der Waals surface area (Å²) in [6, 6.07) is 0. The van der Waals surface area contributed by atoms with Crippen LogP contribution >= 0.6 is 0 Å². The lowest BCUT2D eigenvalue weighted by Crippen LogP contribution is -2.17. The molecule has 0 aromatic heterocycles. The van der Waals surface area contributed by atoms with Crippen molar-refractivity contribution in [3.05, 3.63) is 126 Å². The summed E-state index contributed by atoms with van der Waals surface area (Å²) in [6.07, 6.45) is 15.4. The van der Waals surface area contributed by atoms with Gasteiger partial charge in [0.25, 0.3) is 0 Å². The van der Waals surface area contributed by atoms with Gasteiger partial charge < -0.3 is 20.3 Å². The summed E-state index contributed by atoms with van der Waals surface area (Å²) >= 11 is 0. The average Bonchev–Trinajstić information content (AvgIpc) is 3.87. The third kappa shape index (κ3) is 8.33. The number of aliphatic hydroxyl groups excluding tert-OH is 2. The normalized spacial score (nSPS) is 22.6. The Labute approximate surface area is 331 Å². The number of aliphatic imine (C=N–C) groups is 3. The number of nitrogens with one attached hydrogen (secondary N) is 1. The van der Waals surface area contributed by atoms with Gasteiger partial charge >= 0.3 is 11.9 Å². The predicted molar refractivity (Wildman–Crippen MR) is 225 cm³/mol. The Morgan fingerprint density at radius 2 is 1.55 bits per heavy atom. The third-order valence-electron chi connectivity index (χ3n) is 11.7. The van der Waals surface area contributed by atoms with E-state index >= 15 is 0 Å². The van der Waals surface area contributed by atoms with Gasteiger partial charge in [-0.2, -0.15) is 0 Å². The van der Waals surface area contributed by atoms with E-state index in [0.717, 1.165) is 104 Å². The van der Waals surface area contributed by atoms with Gasteiger partial charge in [0.05, 0.1) is 40.3 Å². The van der Waals surface area contributed by atoms with Crippen LogP contribution in [0, 0.1) is 11.8 Å². The molecule has 1 saturated heterocycles. The molecule has 0 radical (unpaired) electrons. The first-order chi connectivity index (χ1) is 26.5. The van der Waals surface area contributed by atoms with Crippen molar-refractivity contribution in [2.45, 2.75) is 120 Å². The minimum absolute atomic E-state index is 0.0321. The first-order valence-electron chi connectivity index (χ1n) is 19.9. The van der Waals surface area contributed by atoms with E-state index in [4.69, 9.17) is 19.7 Å². The molecule has 0 aromatic carbocycles. The second-order valence-electron chi connectivity index (χ2n) is 16.2. The van der Waals surface area contributed by atoms with E-state index in [-0.39, 0.29) is 24.0 Å². The molecule has 1 aliphatic carbocycles. The van der Waals surface area contributed by atoms with Crippen molar-refractivity contribution >= 4 is 29.1 Å². The highest BCUT2D eigenvalue weighted by molar-refractivity contribution is 6.21. The van der Waals surface area contributed by atoms with Crippen molar-refractivity contribution in [2.24, 2.45) is 26.8 Å². The van der Waals surface area contributed by atoms with Gasteiger partial charge in [-0.3, -0.25) is 4.79 Å². The summed E-state index contributed by atoms with van der Waals surface area (Å²) in [7, 11) is 0. The molecule has 9 heteroatoms. The number of esters is 2. The summed E-state index contributed by atoms with van der Waals surface area (Å²) in [6.45, 7) is 20.1. The lowest BCUT2D eigenvalue weighted by atomic mass is 9.86. The molecule has 3 N–H and O–H groups in total. The van der Waals surface area contributed by atoms with Gasteiger partial charge in [0, 0.05) is 58.9 Å². The van der Waals surface area contributed by atoms with Gasteiger partial charge in [0.1, 0.15) is 5.76 Å². The zero-order valence-electron chi connectivity index (χ0n) is 34.6. The fourth-order valence-corrected chi connectivity index (χ4v) is 8.26. The van der Waals surface area contributed by atoms with Crippen molar-refractivity contribution < 1.29 is 24.5 Å².